The minimum absolute atomic E-state index is 0.104. The standard InChI is InChI=1S/C21H25FN4O2/c1-28-11-10-26-17-4-2-7-23-19(17)25-8-3-5-18(25)21(26)6-9-24(14-21)20(27)15-12-16(22)13-15/h2-5,7-8,15-16H,6,9-14H2,1H3/t15?,16?,21-/m1/s1. The van der Waals surface area contributed by atoms with Crippen LogP contribution < -0.4 is 4.90 Å². The Morgan fingerprint density at radius 1 is 1.36 bits per heavy atom. The maximum absolute atomic E-state index is 13.3. The van der Waals surface area contributed by atoms with E-state index in [4.69, 9.17) is 4.74 Å². The zero-order valence-electron chi connectivity index (χ0n) is 16.1. The van der Waals surface area contributed by atoms with Gasteiger partial charge in [0.15, 0.2) is 5.82 Å². The molecule has 7 heteroatoms. The summed E-state index contributed by atoms with van der Waals surface area (Å²) in [5.74, 6) is 0.864. The molecule has 1 amide bonds. The zero-order valence-corrected chi connectivity index (χ0v) is 16.1. The first kappa shape index (κ1) is 17.7. The predicted octanol–water partition coefficient (Wildman–Crippen LogP) is 2.51. The fourth-order valence-corrected chi connectivity index (χ4v) is 5.04. The Kier molecular flexibility index (Phi) is 4.16. The molecule has 1 atom stereocenters. The lowest BCUT2D eigenvalue weighted by Gasteiger charge is -2.47. The molecule has 0 radical (unpaired) electrons. The molecule has 0 N–H and O–H groups in total. The van der Waals surface area contributed by atoms with Crippen LogP contribution >= 0.6 is 0 Å². The van der Waals surface area contributed by atoms with Crippen LogP contribution in [0.4, 0.5) is 10.1 Å². The Morgan fingerprint density at radius 2 is 2.21 bits per heavy atom. The topological polar surface area (TPSA) is 50.6 Å². The third-order valence-electron chi connectivity index (χ3n) is 6.54. The second kappa shape index (κ2) is 6.58. The molecule has 1 saturated carbocycles. The van der Waals surface area contributed by atoms with Gasteiger partial charge < -0.3 is 19.1 Å². The molecular weight excluding hydrogens is 359 g/mol. The number of halogens is 1. The van der Waals surface area contributed by atoms with E-state index < -0.39 is 6.17 Å². The number of pyridine rings is 1. The van der Waals surface area contributed by atoms with Gasteiger partial charge >= 0.3 is 0 Å². The minimum atomic E-state index is -0.812. The van der Waals surface area contributed by atoms with E-state index in [0.29, 0.717) is 32.5 Å². The van der Waals surface area contributed by atoms with Crippen LogP contribution in [0.15, 0.2) is 36.7 Å². The second-order valence-electron chi connectivity index (χ2n) is 8.06. The number of fused-ring (bicyclic) bond motifs is 4. The minimum Gasteiger partial charge on any atom is -0.383 e. The van der Waals surface area contributed by atoms with Gasteiger partial charge in [-0.05, 0) is 43.5 Å². The molecule has 5 rings (SSSR count). The molecule has 1 saturated heterocycles. The van der Waals surface area contributed by atoms with Gasteiger partial charge in [0.2, 0.25) is 5.91 Å². The van der Waals surface area contributed by atoms with Gasteiger partial charge in [-0.2, -0.15) is 0 Å². The number of alkyl halides is 1. The highest BCUT2D eigenvalue weighted by Crippen LogP contribution is 2.47. The van der Waals surface area contributed by atoms with Crippen molar-refractivity contribution in [3.05, 3.63) is 42.4 Å². The molecule has 2 fully saturated rings. The fraction of sp³-hybridized carbons (Fsp3) is 0.524. The normalized spacial score (nSPS) is 28.2. The molecule has 2 aliphatic heterocycles. The summed E-state index contributed by atoms with van der Waals surface area (Å²) in [7, 11) is 1.71. The van der Waals surface area contributed by atoms with Crippen molar-refractivity contribution in [3.8, 4) is 5.82 Å². The van der Waals surface area contributed by atoms with Crippen molar-refractivity contribution in [2.45, 2.75) is 31.0 Å². The van der Waals surface area contributed by atoms with Crippen molar-refractivity contribution in [3.63, 3.8) is 0 Å². The number of amides is 1. The Bertz CT molecular complexity index is 894. The van der Waals surface area contributed by atoms with E-state index in [1.807, 2.05) is 29.4 Å². The van der Waals surface area contributed by atoms with Crippen molar-refractivity contribution in [1.29, 1.82) is 0 Å². The highest BCUT2D eigenvalue weighted by Gasteiger charge is 2.52. The third-order valence-corrected chi connectivity index (χ3v) is 6.54. The van der Waals surface area contributed by atoms with Crippen molar-refractivity contribution in [2.75, 3.05) is 38.3 Å². The molecule has 0 aromatic carbocycles. The summed E-state index contributed by atoms with van der Waals surface area (Å²) < 4.78 is 20.8. The lowest BCUT2D eigenvalue weighted by molar-refractivity contribution is -0.139. The summed E-state index contributed by atoms with van der Waals surface area (Å²) >= 11 is 0. The van der Waals surface area contributed by atoms with Crippen molar-refractivity contribution in [2.24, 2.45) is 5.92 Å². The summed E-state index contributed by atoms with van der Waals surface area (Å²) in [5.41, 5.74) is 1.90. The number of aromatic nitrogens is 2. The van der Waals surface area contributed by atoms with Gasteiger partial charge in [0.1, 0.15) is 11.7 Å². The average Bonchev–Trinajstić information content (AvgIpc) is 3.34. The van der Waals surface area contributed by atoms with E-state index in [2.05, 4.69) is 26.6 Å². The summed E-state index contributed by atoms with van der Waals surface area (Å²) in [6.45, 7) is 2.62. The van der Waals surface area contributed by atoms with Crippen LogP contribution in [0.3, 0.4) is 0 Å². The van der Waals surface area contributed by atoms with Crippen LogP contribution in [0.2, 0.25) is 0 Å². The molecule has 0 unspecified atom stereocenters. The maximum atomic E-state index is 13.3. The summed E-state index contributed by atoms with van der Waals surface area (Å²) in [6, 6.07) is 8.22. The van der Waals surface area contributed by atoms with Crippen LogP contribution in [0.5, 0.6) is 0 Å². The van der Waals surface area contributed by atoms with E-state index in [-0.39, 0.29) is 17.4 Å². The van der Waals surface area contributed by atoms with Crippen LogP contribution in [0, 0.1) is 5.92 Å². The number of ether oxygens (including phenoxy) is 1. The Hall–Kier alpha value is -2.41. The SMILES string of the molecule is COCCN1c2cccnc2-n2cccc2[C@]12CCN(C(=O)C1CC(F)C1)C2. The highest BCUT2D eigenvalue weighted by atomic mass is 19.1. The number of hydrogen-bond donors (Lipinski definition) is 0. The van der Waals surface area contributed by atoms with Crippen molar-refractivity contribution >= 4 is 11.6 Å². The molecule has 3 aliphatic rings. The first-order valence-corrected chi connectivity index (χ1v) is 9.97. The third kappa shape index (κ3) is 2.49. The van der Waals surface area contributed by atoms with Gasteiger partial charge in [-0.3, -0.25) is 4.79 Å². The van der Waals surface area contributed by atoms with Crippen LogP contribution in [-0.4, -0.2) is 59.9 Å². The van der Waals surface area contributed by atoms with E-state index in [1.54, 1.807) is 7.11 Å². The van der Waals surface area contributed by atoms with Gasteiger partial charge in [0.25, 0.3) is 0 Å². The van der Waals surface area contributed by atoms with Gasteiger partial charge in [-0.25, -0.2) is 9.37 Å². The van der Waals surface area contributed by atoms with Crippen molar-refractivity contribution < 1.29 is 13.9 Å². The highest BCUT2D eigenvalue weighted by molar-refractivity contribution is 5.81. The molecular formula is C21H25FN4O2. The first-order valence-electron chi connectivity index (χ1n) is 9.97. The van der Waals surface area contributed by atoms with E-state index in [0.717, 1.165) is 30.2 Å². The first-order chi connectivity index (χ1) is 13.6. The molecule has 6 nitrogen and oxygen atoms in total. The van der Waals surface area contributed by atoms with Gasteiger partial charge in [0, 0.05) is 45.1 Å². The Labute approximate surface area is 163 Å². The van der Waals surface area contributed by atoms with Crippen LogP contribution in [0.1, 0.15) is 25.0 Å². The van der Waals surface area contributed by atoms with E-state index in [1.165, 1.54) is 0 Å². The number of methoxy groups -OCH3 is 1. The van der Waals surface area contributed by atoms with Crippen LogP contribution in [-0.2, 0) is 15.1 Å². The number of anilines is 1. The zero-order chi connectivity index (χ0) is 19.3. The molecule has 0 bridgehead atoms. The van der Waals surface area contributed by atoms with Gasteiger partial charge in [-0.1, -0.05) is 0 Å². The fourth-order valence-electron chi connectivity index (χ4n) is 5.04. The van der Waals surface area contributed by atoms with E-state index in [9.17, 15) is 9.18 Å². The van der Waals surface area contributed by atoms with Gasteiger partial charge in [0.05, 0.1) is 18.0 Å². The van der Waals surface area contributed by atoms with E-state index >= 15 is 0 Å². The Morgan fingerprint density at radius 3 is 3.00 bits per heavy atom. The molecule has 1 spiro atoms. The number of carbonyl (C=O) groups is 1. The second-order valence-corrected chi connectivity index (χ2v) is 8.06. The largest absolute Gasteiger partial charge is 0.383 e. The summed E-state index contributed by atoms with van der Waals surface area (Å²) in [5, 5.41) is 0. The number of likely N-dealkylation sites (tertiary alicyclic amines) is 1. The lowest BCUT2D eigenvalue weighted by Crippen LogP contribution is -2.54. The molecule has 4 heterocycles. The smallest absolute Gasteiger partial charge is 0.225 e. The maximum Gasteiger partial charge on any atom is 0.225 e. The molecule has 28 heavy (non-hydrogen) atoms. The quantitative estimate of drug-likeness (QED) is 0.813. The Balaban J connectivity index is 1.53. The number of nitrogens with zero attached hydrogens (tertiary/aromatic N) is 4. The average molecular weight is 384 g/mol. The monoisotopic (exact) mass is 384 g/mol. The predicted molar refractivity (Wildman–Crippen MR) is 103 cm³/mol. The number of hydrogen-bond acceptors (Lipinski definition) is 4. The number of rotatable bonds is 4. The molecule has 2 aromatic heterocycles. The van der Waals surface area contributed by atoms with Gasteiger partial charge in [-0.15, -0.1) is 0 Å². The molecule has 1 aliphatic carbocycles. The van der Waals surface area contributed by atoms with Crippen molar-refractivity contribution in [1.82, 2.24) is 14.5 Å². The summed E-state index contributed by atoms with van der Waals surface area (Å²) in [6.07, 6.45) is 4.63. The lowest BCUT2D eigenvalue weighted by atomic mass is 9.82. The van der Waals surface area contributed by atoms with Crippen LogP contribution in [0.25, 0.3) is 5.82 Å². The number of carbonyl (C=O) groups excluding carboxylic acids is 1. The summed E-state index contributed by atoms with van der Waals surface area (Å²) in [4.78, 5) is 21.8. The molecule has 2 aromatic rings. The molecule has 148 valence electrons.